The minimum absolute atomic E-state index is 0.296. The van der Waals surface area contributed by atoms with Crippen molar-refractivity contribution < 1.29 is 19.4 Å². The summed E-state index contributed by atoms with van der Waals surface area (Å²) < 4.78 is 5.25. The molecule has 5 nitrogen and oxygen atoms in total. The summed E-state index contributed by atoms with van der Waals surface area (Å²) in [6.07, 6.45) is 0.350. The smallest absolute Gasteiger partial charge is 0.408 e. The van der Waals surface area contributed by atoms with Gasteiger partial charge in [-0.25, -0.2) is 9.59 Å². The number of amides is 1. The molecule has 0 saturated carbocycles. The van der Waals surface area contributed by atoms with Crippen molar-refractivity contribution in [2.75, 3.05) is 6.54 Å². The molecule has 0 aromatic heterocycles. The average Bonchev–Trinajstić information content (AvgIpc) is 2.14. The third-order valence-corrected chi connectivity index (χ3v) is 2.74. The van der Waals surface area contributed by atoms with Gasteiger partial charge in [-0.05, 0) is 39.5 Å². The molecule has 5 heteroatoms. The van der Waals surface area contributed by atoms with Crippen molar-refractivity contribution in [1.29, 1.82) is 0 Å². The molecule has 1 aliphatic rings. The maximum Gasteiger partial charge on any atom is 0.408 e. The van der Waals surface area contributed by atoms with Crippen LogP contribution in [0.4, 0.5) is 4.79 Å². The van der Waals surface area contributed by atoms with Gasteiger partial charge in [0.25, 0.3) is 0 Å². The molecule has 1 saturated heterocycles. The highest BCUT2D eigenvalue weighted by Gasteiger charge is 2.37. The number of hydrogen-bond acceptors (Lipinski definition) is 3. The second-order valence-electron chi connectivity index (χ2n) is 5.67. The van der Waals surface area contributed by atoms with Crippen molar-refractivity contribution in [3.63, 3.8) is 0 Å². The standard InChI is InChI=1S/C12H21NO4/c1-8-5-6-9(13(7-8)11(15)16)10(14)17-12(2,3)4/h8-9H,5-7H2,1-4H3,(H,15,16). The normalized spacial score (nSPS) is 25.5. The highest BCUT2D eigenvalue weighted by atomic mass is 16.6. The molecule has 0 aliphatic carbocycles. The lowest BCUT2D eigenvalue weighted by atomic mass is 9.94. The maximum atomic E-state index is 11.9. The van der Waals surface area contributed by atoms with Crippen LogP contribution in [0.25, 0.3) is 0 Å². The van der Waals surface area contributed by atoms with Crippen LogP contribution in [-0.4, -0.2) is 40.3 Å². The fourth-order valence-corrected chi connectivity index (χ4v) is 1.98. The molecule has 1 N–H and O–H groups in total. The Morgan fingerprint density at radius 3 is 2.35 bits per heavy atom. The van der Waals surface area contributed by atoms with Crippen molar-refractivity contribution in [2.45, 2.75) is 52.2 Å². The van der Waals surface area contributed by atoms with Crippen LogP contribution in [-0.2, 0) is 9.53 Å². The zero-order valence-corrected chi connectivity index (χ0v) is 10.9. The molecule has 0 spiro atoms. The molecule has 2 atom stereocenters. The number of carboxylic acid groups (broad SMARTS) is 1. The number of carbonyl (C=O) groups is 2. The third kappa shape index (κ3) is 3.91. The van der Waals surface area contributed by atoms with Crippen molar-refractivity contribution in [2.24, 2.45) is 5.92 Å². The molecule has 1 rings (SSSR count). The molecule has 17 heavy (non-hydrogen) atoms. The number of rotatable bonds is 1. The lowest BCUT2D eigenvalue weighted by molar-refractivity contribution is -0.162. The first-order chi connectivity index (χ1) is 7.70. The van der Waals surface area contributed by atoms with E-state index in [0.29, 0.717) is 18.9 Å². The van der Waals surface area contributed by atoms with Crippen molar-refractivity contribution in [1.82, 2.24) is 4.90 Å². The first-order valence-electron chi connectivity index (χ1n) is 5.93. The van der Waals surface area contributed by atoms with Gasteiger partial charge >= 0.3 is 12.1 Å². The zero-order chi connectivity index (χ0) is 13.2. The molecule has 0 bridgehead atoms. The monoisotopic (exact) mass is 243 g/mol. The number of piperidine rings is 1. The quantitative estimate of drug-likeness (QED) is 0.716. The molecule has 1 aliphatic heterocycles. The number of ether oxygens (including phenoxy) is 1. The highest BCUT2D eigenvalue weighted by molar-refractivity contribution is 5.81. The molecule has 98 valence electrons. The second kappa shape index (κ2) is 4.94. The first kappa shape index (κ1) is 13.8. The second-order valence-corrected chi connectivity index (χ2v) is 5.67. The fourth-order valence-electron chi connectivity index (χ4n) is 1.98. The number of esters is 1. The Morgan fingerprint density at radius 1 is 1.29 bits per heavy atom. The van der Waals surface area contributed by atoms with Gasteiger partial charge in [-0.1, -0.05) is 6.92 Å². The number of hydrogen-bond donors (Lipinski definition) is 1. The Hall–Kier alpha value is -1.26. The van der Waals surface area contributed by atoms with E-state index in [1.165, 1.54) is 4.90 Å². The average molecular weight is 243 g/mol. The molecular formula is C12H21NO4. The van der Waals surface area contributed by atoms with Gasteiger partial charge in [-0.3, -0.25) is 4.90 Å². The van der Waals surface area contributed by atoms with E-state index in [2.05, 4.69) is 0 Å². The largest absolute Gasteiger partial charge is 0.465 e. The first-order valence-corrected chi connectivity index (χ1v) is 5.93. The molecule has 1 fully saturated rings. The summed E-state index contributed by atoms with van der Waals surface area (Å²) in [6, 6.07) is -0.650. The van der Waals surface area contributed by atoms with Crippen molar-refractivity contribution >= 4 is 12.1 Å². The van der Waals surface area contributed by atoms with Gasteiger partial charge in [-0.2, -0.15) is 0 Å². The van der Waals surface area contributed by atoms with Gasteiger partial charge in [0, 0.05) is 6.54 Å². The van der Waals surface area contributed by atoms with Crippen LogP contribution in [0.3, 0.4) is 0 Å². The summed E-state index contributed by atoms with van der Waals surface area (Å²) in [7, 11) is 0. The SMILES string of the molecule is CC1CCC(C(=O)OC(C)(C)C)N(C(=O)O)C1. The van der Waals surface area contributed by atoms with E-state index in [4.69, 9.17) is 9.84 Å². The van der Waals surface area contributed by atoms with Crippen molar-refractivity contribution in [3.8, 4) is 0 Å². The lowest BCUT2D eigenvalue weighted by Crippen LogP contribution is -2.51. The molecule has 1 heterocycles. The van der Waals surface area contributed by atoms with Gasteiger partial charge in [0.1, 0.15) is 11.6 Å². The van der Waals surface area contributed by atoms with E-state index in [0.717, 1.165) is 6.42 Å². The van der Waals surface area contributed by atoms with Gasteiger partial charge in [0.05, 0.1) is 0 Å². The van der Waals surface area contributed by atoms with E-state index in [9.17, 15) is 9.59 Å². The van der Waals surface area contributed by atoms with Crippen LogP contribution in [0.5, 0.6) is 0 Å². The van der Waals surface area contributed by atoms with Crippen molar-refractivity contribution in [3.05, 3.63) is 0 Å². The van der Waals surface area contributed by atoms with E-state index in [-0.39, 0.29) is 0 Å². The van der Waals surface area contributed by atoms with E-state index < -0.39 is 23.7 Å². The van der Waals surface area contributed by atoms with Crippen LogP contribution in [0, 0.1) is 5.92 Å². The van der Waals surface area contributed by atoms with Crippen LogP contribution in [0.15, 0.2) is 0 Å². The van der Waals surface area contributed by atoms with E-state index in [1.54, 1.807) is 20.8 Å². The summed E-state index contributed by atoms with van der Waals surface area (Å²) in [5, 5.41) is 9.09. The van der Waals surface area contributed by atoms with Crippen LogP contribution in [0.2, 0.25) is 0 Å². The summed E-state index contributed by atoms with van der Waals surface area (Å²) >= 11 is 0. The topological polar surface area (TPSA) is 66.8 Å². The Bertz CT molecular complexity index is 308. The summed E-state index contributed by atoms with van der Waals surface area (Å²) in [6.45, 7) is 7.73. The third-order valence-electron chi connectivity index (χ3n) is 2.74. The Labute approximate surface area is 102 Å². The number of carbonyl (C=O) groups excluding carboxylic acids is 1. The molecule has 1 amide bonds. The van der Waals surface area contributed by atoms with E-state index in [1.807, 2.05) is 6.92 Å². The molecule has 0 aromatic carbocycles. The minimum atomic E-state index is -1.05. The van der Waals surface area contributed by atoms with Gasteiger partial charge in [0.2, 0.25) is 0 Å². The van der Waals surface area contributed by atoms with Crippen LogP contribution < -0.4 is 0 Å². The molecular weight excluding hydrogens is 222 g/mol. The zero-order valence-electron chi connectivity index (χ0n) is 10.9. The van der Waals surface area contributed by atoms with Gasteiger partial charge in [-0.15, -0.1) is 0 Å². The summed E-state index contributed by atoms with van der Waals surface area (Å²) in [4.78, 5) is 24.2. The van der Waals surface area contributed by atoms with Gasteiger partial charge < -0.3 is 9.84 Å². The molecule has 2 unspecified atom stereocenters. The van der Waals surface area contributed by atoms with Crippen LogP contribution >= 0.6 is 0 Å². The summed E-state index contributed by atoms with van der Waals surface area (Å²) in [5.41, 5.74) is -0.579. The molecule has 0 aromatic rings. The van der Waals surface area contributed by atoms with Crippen LogP contribution in [0.1, 0.15) is 40.5 Å². The maximum absolute atomic E-state index is 11.9. The Kier molecular flexibility index (Phi) is 4.01. The number of nitrogens with zero attached hydrogens (tertiary/aromatic N) is 1. The molecule has 0 radical (unpaired) electrons. The summed E-state index contributed by atoms with van der Waals surface area (Å²) in [5.74, 6) is -0.142. The minimum Gasteiger partial charge on any atom is -0.465 e. The van der Waals surface area contributed by atoms with Gasteiger partial charge in [0.15, 0.2) is 0 Å². The predicted molar refractivity (Wildman–Crippen MR) is 62.8 cm³/mol. The Morgan fingerprint density at radius 2 is 1.88 bits per heavy atom. The predicted octanol–water partition coefficient (Wildman–Crippen LogP) is 2.11. The highest BCUT2D eigenvalue weighted by Crippen LogP contribution is 2.24. The Balaban J connectivity index is 2.73. The van der Waals surface area contributed by atoms with E-state index >= 15 is 0 Å². The fraction of sp³-hybridized carbons (Fsp3) is 0.833. The number of likely N-dealkylation sites (tertiary alicyclic amines) is 1. The lowest BCUT2D eigenvalue weighted by Gasteiger charge is -2.36.